The normalized spacial score (nSPS) is 15.3. The summed E-state index contributed by atoms with van der Waals surface area (Å²) in [7, 11) is -3.12. The van der Waals surface area contributed by atoms with Crippen LogP contribution < -0.4 is 5.32 Å². The van der Waals surface area contributed by atoms with Gasteiger partial charge in [-0.3, -0.25) is 0 Å². The SMILES string of the molecule is CCCNC(c1ccccc1Cl)C(C)S(C)(=O)=O. The van der Waals surface area contributed by atoms with E-state index < -0.39 is 15.1 Å². The van der Waals surface area contributed by atoms with Crippen molar-refractivity contribution in [1.82, 2.24) is 5.32 Å². The lowest BCUT2D eigenvalue weighted by molar-refractivity contribution is 0.500. The van der Waals surface area contributed by atoms with Gasteiger partial charge in [0, 0.05) is 11.3 Å². The summed E-state index contributed by atoms with van der Waals surface area (Å²) in [6.45, 7) is 4.52. The van der Waals surface area contributed by atoms with Gasteiger partial charge in [-0.2, -0.15) is 0 Å². The molecule has 0 aliphatic heterocycles. The first-order chi connectivity index (χ1) is 8.38. The average Bonchev–Trinajstić information content (AvgIpc) is 2.30. The molecule has 5 heteroatoms. The molecule has 18 heavy (non-hydrogen) atoms. The fraction of sp³-hybridized carbons (Fsp3) is 0.538. The maximum Gasteiger partial charge on any atom is 0.151 e. The van der Waals surface area contributed by atoms with E-state index in [9.17, 15) is 8.42 Å². The van der Waals surface area contributed by atoms with E-state index in [1.165, 1.54) is 6.26 Å². The quantitative estimate of drug-likeness (QED) is 0.876. The zero-order valence-electron chi connectivity index (χ0n) is 11.0. The van der Waals surface area contributed by atoms with Crippen molar-refractivity contribution in [2.24, 2.45) is 0 Å². The van der Waals surface area contributed by atoms with Gasteiger partial charge in [0.1, 0.15) is 0 Å². The lowest BCUT2D eigenvalue weighted by Gasteiger charge is -2.25. The maximum atomic E-state index is 11.7. The van der Waals surface area contributed by atoms with E-state index in [0.717, 1.165) is 18.5 Å². The van der Waals surface area contributed by atoms with Gasteiger partial charge in [0.15, 0.2) is 9.84 Å². The van der Waals surface area contributed by atoms with Crippen molar-refractivity contribution < 1.29 is 8.42 Å². The van der Waals surface area contributed by atoms with Gasteiger partial charge < -0.3 is 5.32 Å². The highest BCUT2D eigenvalue weighted by Crippen LogP contribution is 2.27. The largest absolute Gasteiger partial charge is 0.309 e. The van der Waals surface area contributed by atoms with Gasteiger partial charge in [0.05, 0.1) is 11.3 Å². The van der Waals surface area contributed by atoms with Crippen LogP contribution >= 0.6 is 11.6 Å². The molecule has 0 bridgehead atoms. The molecule has 0 saturated heterocycles. The molecule has 0 fully saturated rings. The van der Waals surface area contributed by atoms with Crippen LogP contribution in [0.3, 0.4) is 0 Å². The summed E-state index contributed by atoms with van der Waals surface area (Å²) >= 11 is 6.16. The minimum Gasteiger partial charge on any atom is -0.309 e. The van der Waals surface area contributed by atoms with Crippen LogP contribution in [0.25, 0.3) is 0 Å². The molecule has 1 aromatic rings. The van der Waals surface area contributed by atoms with E-state index in [0.29, 0.717) is 5.02 Å². The molecule has 0 spiro atoms. The van der Waals surface area contributed by atoms with Crippen molar-refractivity contribution >= 4 is 21.4 Å². The molecule has 0 amide bonds. The third-order valence-corrected chi connectivity index (χ3v) is 4.97. The van der Waals surface area contributed by atoms with Crippen LogP contribution in [-0.4, -0.2) is 26.5 Å². The molecule has 0 saturated carbocycles. The summed E-state index contributed by atoms with van der Waals surface area (Å²) in [6.07, 6.45) is 2.20. The third kappa shape index (κ3) is 3.97. The highest BCUT2D eigenvalue weighted by molar-refractivity contribution is 7.91. The molecule has 102 valence electrons. The van der Waals surface area contributed by atoms with Gasteiger partial charge in [-0.25, -0.2) is 8.42 Å². The lowest BCUT2D eigenvalue weighted by Crippen LogP contribution is -2.35. The van der Waals surface area contributed by atoms with Crippen molar-refractivity contribution in [2.45, 2.75) is 31.6 Å². The third-order valence-electron chi connectivity index (χ3n) is 3.00. The Balaban J connectivity index is 3.10. The molecule has 0 aromatic heterocycles. The van der Waals surface area contributed by atoms with E-state index in [4.69, 9.17) is 11.6 Å². The summed E-state index contributed by atoms with van der Waals surface area (Å²) in [5.74, 6) is 0. The first kappa shape index (κ1) is 15.5. The Morgan fingerprint density at radius 1 is 1.33 bits per heavy atom. The molecular formula is C13H20ClNO2S. The van der Waals surface area contributed by atoms with Gasteiger partial charge >= 0.3 is 0 Å². The standard InChI is InChI=1S/C13H20ClNO2S/c1-4-9-15-13(10(2)18(3,16)17)11-7-5-6-8-12(11)14/h5-8,10,13,15H,4,9H2,1-3H3. The van der Waals surface area contributed by atoms with Crippen molar-refractivity contribution in [3.63, 3.8) is 0 Å². The van der Waals surface area contributed by atoms with Gasteiger partial charge in [-0.15, -0.1) is 0 Å². The van der Waals surface area contributed by atoms with Crippen LogP contribution in [0.15, 0.2) is 24.3 Å². The Morgan fingerprint density at radius 3 is 2.44 bits per heavy atom. The van der Waals surface area contributed by atoms with E-state index in [-0.39, 0.29) is 6.04 Å². The lowest BCUT2D eigenvalue weighted by atomic mass is 10.0. The minimum absolute atomic E-state index is 0.270. The van der Waals surface area contributed by atoms with Crippen molar-refractivity contribution in [3.05, 3.63) is 34.9 Å². The van der Waals surface area contributed by atoms with E-state index >= 15 is 0 Å². The molecule has 0 heterocycles. The van der Waals surface area contributed by atoms with Gasteiger partial charge in [0.2, 0.25) is 0 Å². The second kappa shape index (κ2) is 6.55. The van der Waals surface area contributed by atoms with Gasteiger partial charge in [-0.1, -0.05) is 36.7 Å². The molecule has 1 rings (SSSR count). The number of sulfone groups is 1. The van der Waals surface area contributed by atoms with Crippen LogP contribution in [0.2, 0.25) is 5.02 Å². The molecule has 0 radical (unpaired) electrons. The van der Waals surface area contributed by atoms with Gasteiger partial charge in [0.25, 0.3) is 0 Å². The Kier molecular flexibility index (Phi) is 5.63. The van der Waals surface area contributed by atoms with Crippen molar-refractivity contribution in [1.29, 1.82) is 0 Å². The topological polar surface area (TPSA) is 46.2 Å². The number of hydrogen-bond acceptors (Lipinski definition) is 3. The molecular weight excluding hydrogens is 270 g/mol. The highest BCUT2D eigenvalue weighted by atomic mass is 35.5. The Bertz CT molecular complexity index is 488. The Labute approximate surface area is 114 Å². The number of benzene rings is 1. The number of nitrogens with one attached hydrogen (secondary N) is 1. The second-order valence-corrected chi connectivity index (χ2v) is 7.30. The van der Waals surface area contributed by atoms with Crippen LogP contribution in [0.4, 0.5) is 0 Å². The summed E-state index contributed by atoms with van der Waals surface area (Å²) in [4.78, 5) is 0. The molecule has 3 nitrogen and oxygen atoms in total. The molecule has 2 atom stereocenters. The Morgan fingerprint density at radius 2 is 1.94 bits per heavy atom. The maximum absolute atomic E-state index is 11.7. The van der Waals surface area contributed by atoms with E-state index in [2.05, 4.69) is 5.32 Å². The fourth-order valence-electron chi connectivity index (χ4n) is 1.80. The fourth-order valence-corrected chi connectivity index (χ4v) is 2.79. The van der Waals surface area contributed by atoms with Crippen LogP contribution in [0.1, 0.15) is 31.9 Å². The second-order valence-electron chi connectivity index (χ2n) is 4.49. The van der Waals surface area contributed by atoms with Crippen molar-refractivity contribution in [2.75, 3.05) is 12.8 Å². The number of hydrogen-bond donors (Lipinski definition) is 1. The number of halogens is 1. The number of rotatable bonds is 6. The molecule has 0 aliphatic rings. The molecule has 1 N–H and O–H groups in total. The zero-order chi connectivity index (χ0) is 13.8. The van der Waals surface area contributed by atoms with E-state index in [1.807, 2.05) is 25.1 Å². The summed E-state index contributed by atoms with van der Waals surface area (Å²) in [6, 6.07) is 7.10. The van der Waals surface area contributed by atoms with Crippen LogP contribution in [0, 0.1) is 0 Å². The van der Waals surface area contributed by atoms with Crippen LogP contribution in [-0.2, 0) is 9.84 Å². The molecule has 0 aliphatic carbocycles. The predicted octanol–water partition coefficient (Wildman–Crippen LogP) is 2.81. The monoisotopic (exact) mass is 289 g/mol. The zero-order valence-corrected chi connectivity index (χ0v) is 12.6. The summed E-state index contributed by atoms with van der Waals surface area (Å²) in [5.41, 5.74) is 0.838. The van der Waals surface area contributed by atoms with Crippen LogP contribution in [0.5, 0.6) is 0 Å². The van der Waals surface area contributed by atoms with Crippen molar-refractivity contribution in [3.8, 4) is 0 Å². The average molecular weight is 290 g/mol. The van der Waals surface area contributed by atoms with Gasteiger partial charge in [-0.05, 0) is 31.5 Å². The summed E-state index contributed by atoms with van der Waals surface area (Å²) in [5, 5.41) is 3.36. The first-order valence-electron chi connectivity index (χ1n) is 6.04. The summed E-state index contributed by atoms with van der Waals surface area (Å²) < 4.78 is 23.5. The smallest absolute Gasteiger partial charge is 0.151 e. The minimum atomic E-state index is -3.12. The highest BCUT2D eigenvalue weighted by Gasteiger charge is 2.28. The molecule has 1 aromatic carbocycles. The first-order valence-corrected chi connectivity index (χ1v) is 8.37. The molecule has 2 unspecified atom stereocenters. The van der Waals surface area contributed by atoms with E-state index in [1.54, 1.807) is 13.0 Å². The predicted molar refractivity (Wildman–Crippen MR) is 76.8 cm³/mol. The Hall–Kier alpha value is -0.580.